The Balaban J connectivity index is 2.22. The lowest BCUT2D eigenvalue weighted by molar-refractivity contribution is 0.466. The summed E-state index contributed by atoms with van der Waals surface area (Å²) < 4.78 is 0. The van der Waals surface area contributed by atoms with Crippen LogP contribution in [0.2, 0.25) is 0 Å². The van der Waals surface area contributed by atoms with Crippen molar-refractivity contribution in [3.63, 3.8) is 0 Å². The van der Waals surface area contributed by atoms with Gasteiger partial charge in [0.15, 0.2) is 0 Å². The maximum Gasteiger partial charge on any atom is -0.00457 e. The molecule has 0 aliphatic heterocycles. The van der Waals surface area contributed by atoms with Crippen molar-refractivity contribution in [2.45, 2.75) is 25.7 Å². The van der Waals surface area contributed by atoms with Crippen molar-refractivity contribution in [1.82, 2.24) is 0 Å². The van der Waals surface area contributed by atoms with E-state index in [1.54, 1.807) is 11.1 Å². The lowest BCUT2D eigenvalue weighted by Crippen LogP contribution is -2.17. The maximum atomic E-state index is 5.68. The molecule has 0 fully saturated rings. The molecule has 0 bridgehead atoms. The summed E-state index contributed by atoms with van der Waals surface area (Å²) in [7, 11) is 0. The minimum Gasteiger partial charge on any atom is -0.330 e. The molecule has 2 heteroatoms. The molecular weight excluding hydrogens is 166 g/mol. The highest BCUT2D eigenvalue weighted by molar-refractivity contribution is 7.08. The molecular formula is C10H15NS. The van der Waals surface area contributed by atoms with Gasteiger partial charge in [-0.25, -0.2) is 0 Å². The summed E-state index contributed by atoms with van der Waals surface area (Å²) in [6.45, 7) is 3.08. The minimum atomic E-state index is 0.654. The second kappa shape index (κ2) is 3.19. The molecule has 1 aliphatic carbocycles. The molecule has 0 radical (unpaired) electrons. The summed E-state index contributed by atoms with van der Waals surface area (Å²) in [6.07, 6.45) is 2.59. The SMILES string of the molecule is CC(CN)C1CCc2cscc21. The van der Waals surface area contributed by atoms with Gasteiger partial charge in [0.25, 0.3) is 0 Å². The minimum absolute atomic E-state index is 0.654. The fourth-order valence-electron chi connectivity index (χ4n) is 2.08. The zero-order valence-corrected chi connectivity index (χ0v) is 8.23. The Kier molecular flexibility index (Phi) is 2.20. The maximum absolute atomic E-state index is 5.68. The lowest BCUT2D eigenvalue weighted by Gasteiger charge is -2.16. The molecule has 1 aliphatic rings. The van der Waals surface area contributed by atoms with Crippen LogP contribution in [0.25, 0.3) is 0 Å². The molecule has 0 saturated heterocycles. The van der Waals surface area contributed by atoms with Crippen molar-refractivity contribution in [3.8, 4) is 0 Å². The van der Waals surface area contributed by atoms with Crippen molar-refractivity contribution >= 4 is 11.3 Å². The Labute approximate surface area is 77.6 Å². The molecule has 1 heterocycles. The molecule has 66 valence electrons. The van der Waals surface area contributed by atoms with E-state index in [0.717, 1.165) is 12.5 Å². The molecule has 2 atom stereocenters. The van der Waals surface area contributed by atoms with E-state index < -0.39 is 0 Å². The first-order valence-corrected chi connectivity index (χ1v) is 5.52. The summed E-state index contributed by atoms with van der Waals surface area (Å²) in [4.78, 5) is 0. The fourth-order valence-corrected chi connectivity index (χ4v) is 3.04. The lowest BCUT2D eigenvalue weighted by atomic mass is 9.90. The van der Waals surface area contributed by atoms with Gasteiger partial charge in [-0.15, -0.1) is 0 Å². The molecule has 2 N–H and O–H groups in total. The molecule has 0 aromatic carbocycles. The average Bonchev–Trinajstić information content (AvgIpc) is 2.62. The van der Waals surface area contributed by atoms with Crippen LogP contribution >= 0.6 is 11.3 Å². The number of rotatable bonds is 2. The van der Waals surface area contributed by atoms with Gasteiger partial charge in [-0.05, 0) is 53.1 Å². The predicted molar refractivity (Wildman–Crippen MR) is 53.6 cm³/mol. The topological polar surface area (TPSA) is 26.0 Å². The third-order valence-electron chi connectivity index (χ3n) is 2.96. The van der Waals surface area contributed by atoms with Crippen LogP contribution in [-0.2, 0) is 6.42 Å². The Hall–Kier alpha value is -0.340. The van der Waals surface area contributed by atoms with Gasteiger partial charge in [-0.3, -0.25) is 0 Å². The highest BCUT2D eigenvalue weighted by Crippen LogP contribution is 2.39. The molecule has 2 unspecified atom stereocenters. The quantitative estimate of drug-likeness (QED) is 0.744. The first kappa shape index (κ1) is 8.27. The summed E-state index contributed by atoms with van der Waals surface area (Å²) in [5, 5.41) is 4.59. The van der Waals surface area contributed by atoms with Gasteiger partial charge in [0.2, 0.25) is 0 Å². The van der Waals surface area contributed by atoms with E-state index in [-0.39, 0.29) is 0 Å². The third-order valence-corrected chi connectivity index (χ3v) is 3.77. The zero-order chi connectivity index (χ0) is 8.55. The van der Waals surface area contributed by atoms with Gasteiger partial charge >= 0.3 is 0 Å². The highest BCUT2D eigenvalue weighted by Gasteiger charge is 2.26. The molecule has 1 aromatic heterocycles. The smallest absolute Gasteiger partial charge is 0.00457 e. The Morgan fingerprint density at radius 1 is 1.67 bits per heavy atom. The van der Waals surface area contributed by atoms with Gasteiger partial charge in [0.1, 0.15) is 0 Å². The van der Waals surface area contributed by atoms with Gasteiger partial charge in [-0.2, -0.15) is 11.3 Å². The fraction of sp³-hybridized carbons (Fsp3) is 0.600. The highest BCUT2D eigenvalue weighted by atomic mass is 32.1. The number of hydrogen-bond acceptors (Lipinski definition) is 2. The standard InChI is InChI=1S/C10H15NS/c1-7(4-11)9-3-2-8-5-12-6-10(8)9/h5-7,9H,2-4,11H2,1H3. The Bertz CT molecular complexity index is 267. The van der Waals surface area contributed by atoms with Crippen molar-refractivity contribution in [2.24, 2.45) is 11.7 Å². The van der Waals surface area contributed by atoms with Crippen LogP contribution in [0.1, 0.15) is 30.4 Å². The van der Waals surface area contributed by atoms with Crippen LogP contribution in [0.15, 0.2) is 10.8 Å². The molecule has 0 amide bonds. The first-order valence-electron chi connectivity index (χ1n) is 4.58. The summed E-state index contributed by atoms with van der Waals surface area (Å²) in [6, 6.07) is 0. The van der Waals surface area contributed by atoms with Gasteiger partial charge in [0, 0.05) is 0 Å². The van der Waals surface area contributed by atoms with Crippen LogP contribution in [0.4, 0.5) is 0 Å². The third kappa shape index (κ3) is 1.19. The first-order chi connectivity index (χ1) is 5.83. The monoisotopic (exact) mass is 181 g/mol. The molecule has 2 rings (SSSR count). The average molecular weight is 181 g/mol. The van der Waals surface area contributed by atoms with E-state index in [9.17, 15) is 0 Å². The van der Waals surface area contributed by atoms with E-state index in [1.165, 1.54) is 12.8 Å². The molecule has 1 nitrogen and oxygen atoms in total. The van der Waals surface area contributed by atoms with Crippen LogP contribution in [0.5, 0.6) is 0 Å². The van der Waals surface area contributed by atoms with E-state index in [4.69, 9.17) is 5.73 Å². The van der Waals surface area contributed by atoms with E-state index in [1.807, 2.05) is 11.3 Å². The number of nitrogens with two attached hydrogens (primary N) is 1. The molecule has 0 saturated carbocycles. The predicted octanol–water partition coefficient (Wildman–Crippen LogP) is 2.37. The number of thiophene rings is 1. The number of fused-ring (bicyclic) bond motifs is 1. The van der Waals surface area contributed by atoms with Crippen molar-refractivity contribution in [3.05, 3.63) is 21.9 Å². The largest absolute Gasteiger partial charge is 0.330 e. The van der Waals surface area contributed by atoms with E-state index in [2.05, 4.69) is 17.7 Å². The van der Waals surface area contributed by atoms with Crippen molar-refractivity contribution < 1.29 is 0 Å². The second-order valence-corrected chi connectivity index (χ2v) is 4.45. The molecule has 1 aromatic rings. The number of aryl methyl sites for hydroxylation is 1. The van der Waals surface area contributed by atoms with Crippen LogP contribution < -0.4 is 5.73 Å². The van der Waals surface area contributed by atoms with Gasteiger partial charge < -0.3 is 5.73 Å². The Morgan fingerprint density at radius 2 is 2.50 bits per heavy atom. The van der Waals surface area contributed by atoms with E-state index in [0.29, 0.717) is 5.92 Å². The summed E-state index contributed by atoms with van der Waals surface area (Å²) in [5.41, 5.74) is 8.84. The number of hydrogen-bond donors (Lipinski definition) is 1. The second-order valence-electron chi connectivity index (χ2n) is 3.71. The van der Waals surface area contributed by atoms with Crippen LogP contribution in [0, 0.1) is 5.92 Å². The van der Waals surface area contributed by atoms with E-state index >= 15 is 0 Å². The summed E-state index contributed by atoms with van der Waals surface area (Å²) in [5.74, 6) is 1.40. The molecule has 12 heavy (non-hydrogen) atoms. The van der Waals surface area contributed by atoms with Crippen LogP contribution in [0.3, 0.4) is 0 Å². The van der Waals surface area contributed by atoms with Crippen molar-refractivity contribution in [2.75, 3.05) is 6.54 Å². The Morgan fingerprint density at radius 3 is 3.25 bits per heavy atom. The zero-order valence-electron chi connectivity index (χ0n) is 7.42. The van der Waals surface area contributed by atoms with Crippen molar-refractivity contribution in [1.29, 1.82) is 0 Å². The van der Waals surface area contributed by atoms with Gasteiger partial charge in [-0.1, -0.05) is 6.92 Å². The van der Waals surface area contributed by atoms with Crippen LogP contribution in [-0.4, -0.2) is 6.54 Å². The normalized spacial score (nSPS) is 24.0. The summed E-state index contributed by atoms with van der Waals surface area (Å²) >= 11 is 1.83. The molecule has 0 spiro atoms. The van der Waals surface area contributed by atoms with Gasteiger partial charge in [0.05, 0.1) is 0 Å².